The molecule has 2 aromatic heterocycles. The summed E-state index contributed by atoms with van der Waals surface area (Å²) in [5.41, 5.74) is 6.71. The van der Waals surface area contributed by atoms with Gasteiger partial charge in [-0.15, -0.1) is 0 Å². The molecule has 10 nitrogen and oxygen atoms in total. The second kappa shape index (κ2) is 15.0. The number of methoxy groups -OCH3 is 1. The number of aromatic nitrogens is 2. The summed E-state index contributed by atoms with van der Waals surface area (Å²) in [6, 6.07) is 17.3. The second-order valence-corrected chi connectivity index (χ2v) is 12.9. The number of aliphatic hydroxyl groups excluding tert-OH is 1. The van der Waals surface area contributed by atoms with Crippen molar-refractivity contribution in [2.75, 3.05) is 33.3 Å². The van der Waals surface area contributed by atoms with E-state index in [1.165, 1.54) is 0 Å². The number of rotatable bonds is 13. The highest BCUT2D eigenvalue weighted by atomic mass is 35.5. The summed E-state index contributed by atoms with van der Waals surface area (Å²) >= 11 is 14.1. The molecule has 0 aliphatic carbocycles. The van der Waals surface area contributed by atoms with Crippen LogP contribution in [0.25, 0.3) is 33.6 Å². The van der Waals surface area contributed by atoms with Crippen molar-refractivity contribution < 1.29 is 19.4 Å². The van der Waals surface area contributed by atoms with Crippen LogP contribution in [0, 0.1) is 0 Å². The number of hydrogen-bond donors (Lipinski definition) is 4. The van der Waals surface area contributed by atoms with Crippen LogP contribution < -0.4 is 20.7 Å². The first kappa shape index (κ1) is 33.8. The molecule has 1 saturated heterocycles. The van der Waals surface area contributed by atoms with E-state index < -0.39 is 6.10 Å². The summed E-state index contributed by atoms with van der Waals surface area (Å²) < 4.78 is 5.57. The third-order valence-electron chi connectivity index (χ3n) is 8.63. The van der Waals surface area contributed by atoms with Crippen molar-refractivity contribution in [3.05, 3.63) is 87.5 Å². The van der Waals surface area contributed by atoms with Gasteiger partial charge in [0.1, 0.15) is 0 Å². The predicted molar refractivity (Wildman–Crippen MR) is 187 cm³/mol. The fourth-order valence-corrected chi connectivity index (χ4v) is 6.81. The van der Waals surface area contributed by atoms with E-state index in [2.05, 4.69) is 20.9 Å². The van der Waals surface area contributed by atoms with E-state index in [-0.39, 0.29) is 17.9 Å². The Morgan fingerprint density at radius 1 is 1.04 bits per heavy atom. The topological polar surface area (TPSA) is 129 Å². The van der Waals surface area contributed by atoms with Gasteiger partial charge in [-0.05, 0) is 43.2 Å². The molecule has 0 unspecified atom stereocenters. The van der Waals surface area contributed by atoms with Crippen LogP contribution in [0.4, 0.5) is 0 Å². The number of benzene rings is 2. The Bertz CT molecular complexity index is 1830. The van der Waals surface area contributed by atoms with Crippen molar-refractivity contribution in [3.8, 4) is 39.5 Å². The molecule has 12 heteroatoms. The number of nitrogens with zero attached hydrogens (tertiary/aromatic N) is 3. The first-order chi connectivity index (χ1) is 23.2. The number of amides is 2. The van der Waals surface area contributed by atoms with Gasteiger partial charge in [-0.1, -0.05) is 53.5 Å². The van der Waals surface area contributed by atoms with Gasteiger partial charge in [0.15, 0.2) is 0 Å². The number of carbonyl (C=O) groups is 2. The molecule has 0 spiro atoms. The van der Waals surface area contributed by atoms with Gasteiger partial charge in [0, 0.05) is 91.3 Å². The molecular formula is C36H38Cl2N6O4. The van der Waals surface area contributed by atoms with Crippen LogP contribution in [0.15, 0.2) is 60.8 Å². The van der Waals surface area contributed by atoms with E-state index in [9.17, 15) is 14.7 Å². The monoisotopic (exact) mass is 688 g/mol. The Labute approximate surface area is 289 Å². The smallest absolute Gasteiger partial charge is 0.254 e. The SMILES string of the molecule is COc1nc(-c2cccc(-c3ccnc(-c4ccc5c(c4)CN(CCNC[C@@H]4CCC(=O)N4)C5=O)c3Cl)c2Cl)ccc1CNC[C@@H](C)O. The zero-order valence-electron chi connectivity index (χ0n) is 26.9. The van der Waals surface area contributed by atoms with E-state index in [1.54, 1.807) is 20.2 Å². The highest BCUT2D eigenvalue weighted by Gasteiger charge is 2.28. The molecule has 4 heterocycles. The lowest BCUT2D eigenvalue weighted by atomic mass is 9.98. The number of ether oxygens (including phenoxy) is 1. The highest BCUT2D eigenvalue weighted by molar-refractivity contribution is 6.39. The number of nitrogens with one attached hydrogen (secondary N) is 3. The minimum Gasteiger partial charge on any atom is -0.481 e. The third-order valence-corrected chi connectivity index (χ3v) is 9.42. The number of hydrogen-bond acceptors (Lipinski definition) is 8. The number of pyridine rings is 2. The summed E-state index contributed by atoms with van der Waals surface area (Å²) in [5, 5.41) is 20.0. The minimum atomic E-state index is -0.458. The van der Waals surface area contributed by atoms with Gasteiger partial charge in [-0.25, -0.2) is 4.98 Å². The van der Waals surface area contributed by atoms with Gasteiger partial charge >= 0.3 is 0 Å². The molecular weight excluding hydrogens is 651 g/mol. The largest absolute Gasteiger partial charge is 0.481 e. The Hall–Kier alpha value is -4.06. The molecule has 0 radical (unpaired) electrons. The molecule has 0 saturated carbocycles. The van der Waals surface area contributed by atoms with Crippen molar-refractivity contribution in [2.45, 2.75) is 45.0 Å². The maximum absolute atomic E-state index is 13.1. The Morgan fingerprint density at radius 2 is 1.85 bits per heavy atom. The van der Waals surface area contributed by atoms with Crippen LogP contribution in [0.5, 0.6) is 5.88 Å². The number of halogens is 2. The normalized spacial score (nSPS) is 16.3. The van der Waals surface area contributed by atoms with Crippen molar-refractivity contribution >= 4 is 35.0 Å². The fourth-order valence-electron chi connectivity index (χ4n) is 6.17. The van der Waals surface area contributed by atoms with Crippen LogP contribution in [-0.2, 0) is 17.9 Å². The molecule has 48 heavy (non-hydrogen) atoms. The molecule has 4 aromatic rings. The first-order valence-electron chi connectivity index (χ1n) is 16.0. The molecule has 250 valence electrons. The van der Waals surface area contributed by atoms with E-state index in [1.807, 2.05) is 59.5 Å². The van der Waals surface area contributed by atoms with Crippen molar-refractivity contribution in [1.82, 2.24) is 30.8 Å². The zero-order valence-corrected chi connectivity index (χ0v) is 28.4. The van der Waals surface area contributed by atoms with Crippen LogP contribution >= 0.6 is 23.2 Å². The van der Waals surface area contributed by atoms with Gasteiger partial charge in [0.05, 0.1) is 34.6 Å². The van der Waals surface area contributed by atoms with Crippen molar-refractivity contribution in [2.24, 2.45) is 0 Å². The van der Waals surface area contributed by atoms with Crippen LogP contribution in [0.3, 0.4) is 0 Å². The molecule has 6 rings (SSSR count). The van der Waals surface area contributed by atoms with Gasteiger partial charge in [-0.3, -0.25) is 14.6 Å². The Morgan fingerprint density at radius 3 is 2.62 bits per heavy atom. The van der Waals surface area contributed by atoms with E-state index in [0.717, 1.165) is 39.8 Å². The predicted octanol–water partition coefficient (Wildman–Crippen LogP) is 5.09. The third kappa shape index (κ3) is 7.33. The van der Waals surface area contributed by atoms with Gasteiger partial charge in [-0.2, -0.15) is 0 Å². The first-order valence-corrected chi connectivity index (χ1v) is 16.8. The summed E-state index contributed by atoms with van der Waals surface area (Å²) in [6.07, 6.45) is 2.66. The van der Waals surface area contributed by atoms with Crippen molar-refractivity contribution in [1.29, 1.82) is 0 Å². The summed E-state index contributed by atoms with van der Waals surface area (Å²) in [7, 11) is 1.57. The highest BCUT2D eigenvalue weighted by Crippen LogP contribution is 2.42. The van der Waals surface area contributed by atoms with Gasteiger partial charge in [0.25, 0.3) is 5.91 Å². The Balaban J connectivity index is 1.19. The van der Waals surface area contributed by atoms with E-state index in [4.69, 9.17) is 32.9 Å². The molecule has 2 aliphatic rings. The van der Waals surface area contributed by atoms with Crippen molar-refractivity contribution in [3.63, 3.8) is 0 Å². The summed E-state index contributed by atoms with van der Waals surface area (Å²) in [6.45, 7) is 5.08. The van der Waals surface area contributed by atoms with Gasteiger partial charge in [0.2, 0.25) is 11.8 Å². The number of fused-ring (bicyclic) bond motifs is 1. The van der Waals surface area contributed by atoms with Crippen LogP contribution in [0.1, 0.15) is 41.3 Å². The molecule has 2 aliphatic heterocycles. The lowest BCUT2D eigenvalue weighted by Gasteiger charge is -2.17. The van der Waals surface area contributed by atoms with E-state index >= 15 is 0 Å². The van der Waals surface area contributed by atoms with Gasteiger partial charge < -0.3 is 30.7 Å². The maximum Gasteiger partial charge on any atom is 0.254 e. The minimum absolute atomic E-state index is 0.00165. The standard InChI is InChI=1S/C36H38Cl2N6O4/c1-21(45)17-40-18-23-7-10-30(43-35(23)48-2)29-5-3-4-27(32(29)37)28-12-13-41-34(33(28)38)22-6-9-26-24(16-22)20-44(36(26)47)15-14-39-19-25-8-11-31(46)42-25/h3-7,9-10,12-13,16,21,25,39-40,45H,8,11,14-15,17-20H2,1-2H3,(H,42,46)/t21-,25+/m1/s1. The molecule has 2 amide bonds. The lowest BCUT2D eigenvalue weighted by Crippen LogP contribution is -2.39. The zero-order chi connectivity index (χ0) is 33.8. The average Bonchev–Trinajstić information content (AvgIpc) is 3.64. The van der Waals surface area contributed by atoms with Crippen LogP contribution in [0.2, 0.25) is 10.0 Å². The van der Waals surface area contributed by atoms with Crippen LogP contribution in [-0.4, -0.2) is 77.2 Å². The molecule has 0 bridgehead atoms. The average molecular weight is 690 g/mol. The number of carbonyl (C=O) groups excluding carboxylic acids is 2. The van der Waals surface area contributed by atoms with E-state index in [0.29, 0.717) is 78.6 Å². The maximum atomic E-state index is 13.1. The summed E-state index contributed by atoms with van der Waals surface area (Å²) in [4.78, 5) is 35.7. The fraction of sp³-hybridized carbons (Fsp3) is 0.333. The quantitative estimate of drug-likeness (QED) is 0.143. The molecule has 1 fully saturated rings. The molecule has 4 N–H and O–H groups in total. The lowest BCUT2D eigenvalue weighted by molar-refractivity contribution is -0.119. The number of aliphatic hydroxyl groups is 1. The summed E-state index contributed by atoms with van der Waals surface area (Å²) in [5.74, 6) is 0.567. The second-order valence-electron chi connectivity index (χ2n) is 12.1. The molecule has 2 atom stereocenters. The Kier molecular flexibility index (Phi) is 10.6. The molecule has 2 aromatic carbocycles.